The Hall–Kier alpha value is -8.14. The highest BCUT2D eigenvalue weighted by Gasteiger charge is 2.15. The smallest absolute Gasteiger partial charge is 0.254 e. The van der Waals surface area contributed by atoms with Crippen LogP contribution >= 0.6 is 0 Å². The molecule has 0 bridgehead atoms. The predicted molar refractivity (Wildman–Crippen MR) is 412 cm³/mol. The van der Waals surface area contributed by atoms with Crippen molar-refractivity contribution in [3.8, 4) is 17.2 Å². The van der Waals surface area contributed by atoms with Gasteiger partial charge < -0.3 is 19.9 Å². The van der Waals surface area contributed by atoms with Crippen LogP contribution in [-0.4, -0.2) is 70.4 Å². The molecule has 0 unspecified atom stereocenters. The van der Waals surface area contributed by atoms with E-state index in [9.17, 15) is 18.0 Å². The zero-order valence-electron chi connectivity index (χ0n) is 66.0. The summed E-state index contributed by atoms with van der Waals surface area (Å²) in [6.45, 7) is 53.5. The van der Waals surface area contributed by atoms with Crippen LogP contribution in [0.4, 0.5) is 13.2 Å². The molecule has 0 spiro atoms. The number of aromatic nitrogens is 8. The van der Waals surface area contributed by atoms with Crippen molar-refractivity contribution in [2.24, 2.45) is 18.9 Å². The molecule has 0 aliphatic rings. The van der Waals surface area contributed by atoms with Crippen molar-refractivity contribution in [1.29, 1.82) is 0 Å². The van der Waals surface area contributed by atoms with Crippen LogP contribution in [0.2, 0.25) is 0 Å². The second-order valence-electron chi connectivity index (χ2n) is 29.2. The highest BCUT2D eigenvalue weighted by Crippen LogP contribution is 2.28. The number of nitrogens with one attached hydrogen (secondary N) is 1. The molecule has 1 amide bonds. The molecule has 0 fully saturated rings. The molecule has 9 rings (SSSR count). The third-order valence-electron chi connectivity index (χ3n) is 16.0. The lowest BCUT2D eigenvalue weighted by Gasteiger charge is -2.11. The summed E-state index contributed by atoms with van der Waals surface area (Å²) in [6, 6.07) is 26.6. The van der Waals surface area contributed by atoms with E-state index < -0.39 is 5.82 Å². The Bertz CT molecular complexity index is 3710. The Kier molecular flexibility index (Phi) is 39.5. The lowest BCUT2D eigenvalue weighted by molar-refractivity contribution is 0.0939. The van der Waals surface area contributed by atoms with Crippen molar-refractivity contribution in [2.75, 3.05) is 14.2 Å². The van der Waals surface area contributed by atoms with Gasteiger partial charge in [-0.1, -0.05) is 176 Å². The summed E-state index contributed by atoms with van der Waals surface area (Å²) in [7, 11) is 5.29. The Labute approximate surface area is 600 Å². The summed E-state index contributed by atoms with van der Waals surface area (Å²) in [6.07, 6.45) is 16.8. The standard InChI is InChI=1S/C13H18FNO.C11H14N2.C11H20N2.C11H16O2.C10H13F.C10H18N2.C9H11FO.C9H16N2/c1-8(2)10-5-6-11(12(14)7-10)13(16)15-9(3)4;1-8(2)9-5-4-6-11-10(9)7-13(3)12-11;1-9(2)5-6-13-8-11(7-12-13)10(3)4;1-8(2)9-5-10(12-3)7-11(6-9)13-4;1-7(2)9-5-4-8(3)10(11)6-9;1-8(2)6-12-7-10(5-11-12)9(3)4;1-6(2)7-3-8(10)5-9(11)4-7;1-4-5-11-7-9(6-10-11)8(2)3/h5-9H,1-4H3,(H,15,16);4-8H,1-3H3;7-10H,5-6H2,1-4H3;5-8H,1-4H3;4-7H,1-3H3;5,7-9H,6H2,1-4H3;3-6,11H,1-2H3;6-8H,4-5H2,1-3H3. The molecule has 16 heteroatoms. The monoisotopic (exact) mass is 1380 g/mol. The molecule has 0 radical (unpaired) electrons. The maximum Gasteiger partial charge on any atom is 0.254 e. The van der Waals surface area contributed by atoms with Gasteiger partial charge in [0.05, 0.1) is 43.9 Å². The van der Waals surface area contributed by atoms with Gasteiger partial charge in [-0.05, 0) is 191 Å². The number of carbonyl (C=O) groups excluding carboxylic acids is 1. The van der Waals surface area contributed by atoms with Crippen LogP contribution < -0.4 is 14.8 Å². The molecule has 552 valence electrons. The van der Waals surface area contributed by atoms with Crippen LogP contribution in [0.15, 0.2) is 134 Å². The van der Waals surface area contributed by atoms with Gasteiger partial charge in [-0.3, -0.25) is 23.5 Å². The normalized spacial score (nSPS) is 11.0. The fourth-order valence-electron chi connectivity index (χ4n) is 9.53. The number of rotatable bonds is 19. The van der Waals surface area contributed by atoms with Crippen LogP contribution in [0.3, 0.4) is 0 Å². The first-order valence-electron chi connectivity index (χ1n) is 36.0. The Morgan fingerprint density at radius 3 is 1.37 bits per heavy atom. The van der Waals surface area contributed by atoms with Gasteiger partial charge in [0.1, 0.15) is 34.7 Å². The Balaban J connectivity index is 0.000000390. The van der Waals surface area contributed by atoms with Gasteiger partial charge in [0.2, 0.25) is 0 Å². The van der Waals surface area contributed by atoms with Crippen molar-refractivity contribution >= 4 is 16.8 Å². The van der Waals surface area contributed by atoms with E-state index in [0.717, 1.165) is 77.3 Å². The van der Waals surface area contributed by atoms with Gasteiger partial charge in [0, 0.05) is 75.0 Å². The van der Waals surface area contributed by atoms with Crippen molar-refractivity contribution in [3.05, 3.63) is 207 Å². The predicted octanol–water partition coefficient (Wildman–Crippen LogP) is 22.7. The Morgan fingerprint density at radius 1 is 0.500 bits per heavy atom. The van der Waals surface area contributed by atoms with Crippen molar-refractivity contribution in [2.45, 2.75) is 252 Å². The summed E-state index contributed by atoms with van der Waals surface area (Å²) in [4.78, 5) is 11.6. The number of amides is 1. The van der Waals surface area contributed by atoms with Gasteiger partial charge in [0.15, 0.2) is 0 Å². The van der Waals surface area contributed by atoms with Crippen LogP contribution in [0.25, 0.3) is 10.9 Å². The van der Waals surface area contributed by atoms with Gasteiger partial charge >= 0.3 is 0 Å². The number of phenolic OH excluding ortho intramolecular Hbond substituents is 1. The molecular weight excluding hydrogens is 1260 g/mol. The topological polar surface area (TPSA) is 139 Å². The SMILES string of the molecule is CC(C)CCn1cc(C(C)C)cn1.CC(C)Cn1cc(C(C)C)cn1.CC(C)NC(=O)c1ccc(C(C)C)cc1F.CC(C)c1cc(O)cc(F)c1.CC(C)c1cccc2nn(C)cc12.CCCn1cc(C(C)C)cn1.COc1cc(OC)cc(C(C)C)c1.Cc1ccc(C(C)C)cc1F. The number of nitrogens with zero attached hydrogens (tertiary/aromatic N) is 8. The minimum atomic E-state index is -0.454. The number of halogens is 3. The number of phenols is 1. The maximum absolute atomic E-state index is 13.7. The highest BCUT2D eigenvalue weighted by atomic mass is 19.1. The quantitative estimate of drug-likeness (QED) is 0.0816. The minimum Gasteiger partial charge on any atom is -0.508 e. The molecule has 0 saturated carbocycles. The fourth-order valence-corrected chi connectivity index (χ4v) is 9.53. The maximum atomic E-state index is 13.7. The van der Waals surface area contributed by atoms with Gasteiger partial charge in [-0.25, -0.2) is 13.2 Å². The van der Waals surface area contributed by atoms with Crippen LogP contribution in [0.5, 0.6) is 17.2 Å². The average Bonchev–Trinajstić information content (AvgIpc) is 1.61. The first-order chi connectivity index (χ1) is 46.9. The summed E-state index contributed by atoms with van der Waals surface area (Å²) < 4.78 is 57.5. The third kappa shape index (κ3) is 32.9. The van der Waals surface area contributed by atoms with E-state index in [4.69, 9.17) is 14.6 Å². The summed E-state index contributed by atoms with van der Waals surface area (Å²) in [5.41, 5.74) is 11.3. The second kappa shape index (κ2) is 44.9. The molecule has 4 heterocycles. The molecule has 0 saturated heterocycles. The highest BCUT2D eigenvalue weighted by molar-refractivity contribution is 5.94. The lowest BCUT2D eigenvalue weighted by atomic mass is 10.00. The van der Waals surface area contributed by atoms with E-state index in [0.29, 0.717) is 41.4 Å². The number of ether oxygens (including phenoxy) is 2. The number of fused-ring (bicyclic) bond motifs is 1. The zero-order chi connectivity index (χ0) is 75.7. The van der Waals surface area contributed by atoms with Gasteiger partial charge in [-0.2, -0.15) is 20.4 Å². The molecule has 9 aromatic rings. The van der Waals surface area contributed by atoms with Crippen LogP contribution in [-0.2, 0) is 26.7 Å². The molecule has 0 aliphatic carbocycles. The summed E-state index contributed by atoms with van der Waals surface area (Å²) in [5, 5.41) is 30.2. The number of benzene rings is 5. The molecule has 0 aliphatic heterocycles. The zero-order valence-corrected chi connectivity index (χ0v) is 66.0. The molecule has 0 atom stereocenters. The molecular formula is C84H126F3N9O4. The minimum absolute atomic E-state index is 0.00583. The number of hydrogen-bond acceptors (Lipinski definition) is 8. The van der Waals surface area contributed by atoms with E-state index in [1.54, 1.807) is 45.4 Å². The molecule has 4 aromatic heterocycles. The van der Waals surface area contributed by atoms with Crippen molar-refractivity contribution in [3.63, 3.8) is 0 Å². The average molecular weight is 1380 g/mol. The number of carbonyl (C=O) groups is 1. The lowest BCUT2D eigenvalue weighted by Crippen LogP contribution is -2.30. The van der Waals surface area contributed by atoms with Crippen molar-refractivity contribution < 1.29 is 32.5 Å². The van der Waals surface area contributed by atoms with Gasteiger partial charge in [-0.15, -0.1) is 0 Å². The van der Waals surface area contributed by atoms with Gasteiger partial charge in [0.25, 0.3) is 5.91 Å². The molecule has 13 nitrogen and oxygen atoms in total. The van der Waals surface area contributed by atoms with E-state index in [1.807, 2.05) is 112 Å². The number of aryl methyl sites for hydroxylation is 4. The van der Waals surface area contributed by atoms with E-state index in [-0.39, 0.29) is 46.7 Å². The van der Waals surface area contributed by atoms with E-state index >= 15 is 0 Å². The summed E-state index contributed by atoms with van der Waals surface area (Å²) in [5.74, 6) is 5.57. The molecule has 5 aromatic carbocycles. The Morgan fingerprint density at radius 2 is 0.960 bits per heavy atom. The van der Waals surface area contributed by atoms with Crippen molar-refractivity contribution in [1.82, 2.24) is 44.4 Å². The molecule has 2 N–H and O–H groups in total. The number of methoxy groups -OCH3 is 2. The second-order valence-corrected chi connectivity index (χ2v) is 29.2. The number of hydrogen-bond donors (Lipinski definition) is 2. The molecule has 100 heavy (non-hydrogen) atoms. The first-order valence-corrected chi connectivity index (χ1v) is 36.0. The summed E-state index contributed by atoms with van der Waals surface area (Å²) >= 11 is 0. The van der Waals surface area contributed by atoms with E-state index in [2.05, 4.69) is 191 Å². The fraction of sp³-hybridized carbons (Fsp3) is 0.512. The number of aromatic hydroxyl groups is 1. The van der Waals surface area contributed by atoms with Crippen LogP contribution in [0.1, 0.15) is 280 Å². The first kappa shape index (κ1) is 87.9. The van der Waals surface area contributed by atoms with E-state index in [1.165, 1.54) is 51.8 Å². The van der Waals surface area contributed by atoms with Crippen LogP contribution in [0, 0.1) is 36.2 Å². The largest absolute Gasteiger partial charge is 0.508 e. The third-order valence-corrected chi connectivity index (χ3v) is 16.0.